The predicted octanol–water partition coefficient (Wildman–Crippen LogP) is 5.66. The molecule has 0 bridgehead atoms. The van der Waals surface area contributed by atoms with Crippen LogP contribution in [0, 0.1) is 0 Å². The fraction of sp³-hybridized carbons (Fsp3) is 0.208. The van der Waals surface area contributed by atoms with Gasteiger partial charge in [0.2, 0.25) is 15.9 Å². The minimum absolute atomic E-state index is 0.0808. The molecular weight excluding hydrogens is 448 g/mol. The number of carbonyl (C=O) groups is 1. The van der Waals surface area contributed by atoms with E-state index in [4.69, 9.17) is 16.3 Å². The average Bonchev–Trinajstić information content (AvgIpc) is 2.74. The van der Waals surface area contributed by atoms with Crippen molar-refractivity contribution in [1.82, 2.24) is 0 Å². The van der Waals surface area contributed by atoms with Gasteiger partial charge in [0, 0.05) is 5.02 Å². The van der Waals surface area contributed by atoms with Gasteiger partial charge in [-0.25, -0.2) is 8.42 Å². The Morgan fingerprint density at radius 1 is 1.03 bits per heavy atom. The topological polar surface area (TPSA) is 75.7 Å². The summed E-state index contributed by atoms with van der Waals surface area (Å²) in [6.45, 7) is 3.55. The molecule has 0 saturated heterocycles. The summed E-state index contributed by atoms with van der Waals surface area (Å²) in [5.41, 5.74) is 1.66. The number of nitrogens with zero attached hydrogens (tertiary/aromatic N) is 1. The third-order valence-corrected chi connectivity index (χ3v) is 6.06. The van der Waals surface area contributed by atoms with Gasteiger partial charge in [-0.1, -0.05) is 61.8 Å². The predicted molar refractivity (Wildman–Crippen MR) is 129 cm³/mol. The molecule has 8 heteroatoms. The van der Waals surface area contributed by atoms with Crippen molar-refractivity contribution in [1.29, 1.82) is 0 Å². The fourth-order valence-electron chi connectivity index (χ4n) is 3.21. The Morgan fingerprint density at radius 3 is 2.34 bits per heavy atom. The van der Waals surface area contributed by atoms with Crippen LogP contribution in [-0.4, -0.2) is 27.1 Å². The first-order chi connectivity index (χ1) is 15.1. The van der Waals surface area contributed by atoms with Crippen LogP contribution < -0.4 is 14.4 Å². The molecule has 3 aromatic rings. The number of anilines is 2. The first kappa shape index (κ1) is 23.6. The van der Waals surface area contributed by atoms with Crippen LogP contribution in [0.4, 0.5) is 11.4 Å². The zero-order valence-corrected chi connectivity index (χ0v) is 19.7. The number of nitrogens with one attached hydrogen (secondary N) is 1. The van der Waals surface area contributed by atoms with Crippen molar-refractivity contribution in [3.05, 3.63) is 83.4 Å². The first-order valence-electron chi connectivity index (χ1n) is 10.0. The summed E-state index contributed by atoms with van der Waals surface area (Å²) in [5.74, 6) is 0.544. The van der Waals surface area contributed by atoms with Gasteiger partial charge in [-0.05, 0) is 47.9 Å². The summed E-state index contributed by atoms with van der Waals surface area (Å²) < 4.78 is 32.1. The highest BCUT2D eigenvalue weighted by Gasteiger charge is 2.24. The maximum atomic E-state index is 12.9. The second-order valence-electron chi connectivity index (χ2n) is 7.59. The van der Waals surface area contributed by atoms with Gasteiger partial charge in [0.05, 0.1) is 17.6 Å². The van der Waals surface area contributed by atoms with E-state index in [0.717, 1.165) is 16.1 Å². The Bertz CT molecular complexity index is 1200. The van der Waals surface area contributed by atoms with Gasteiger partial charge in [0.1, 0.15) is 12.3 Å². The van der Waals surface area contributed by atoms with E-state index in [9.17, 15) is 13.2 Å². The Kier molecular flexibility index (Phi) is 7.43. The Hall–Kier alpha value is -3.03. The van der Waals surface area contributed by atoms with Crippen LogP contribution in [0.15, 0.2) is 72.8 Å². The number of carbonyl (C=O) groups excluding carboxylic acids is 1. The number of halogens is 1. The molecule has 0 aliphatic carbocycles. The lowest BCUT2D eigenvalue weighted by molar-refractivity contribution is -0.114. The van der Waals surface area contributed by atoms with E-state index < -0.39 is 15.9 Å². The van der Waals surface area contributed by atoms with Crippen molar-refractivity contribution in [2.45, 2.75) is 19.8 Å². The molecule has 6 nitrogen and oxygen atoms in total. The van der Waals surface area contributed by atoms with Crippen LogP contribution >= 0.6 is 11.6 Å². The minimum atomic E-state index is -3.71. The average molecular weight is 473 g/mol. The number of amides is 1. The molecule has 0 fully saturated rings. The van der Waals surface area contributed by atoms with Gasteiger partial charge in [0.15, 0.2) is 5.75 Å². The third-order valence-electron chi connectivity index (χ3n) is 4.70. The van der Waals surface area contributed by atoms with Crippen LogP contribution in [0.2, 0.25) is 5.02 Å². The normalized spacial score (nSPS) is 11.3. The second kappa shape index (κ2) is 10.1. The van der Waals surface area contributed by atoms with Crippen molar-refractivity contribution in [2.75, 3.05) is 22.4 Å². The molecule has 0 heterocycles. The summed E-state index contributed by atoms with van der Waals surface area (Å²) in [4.78, 5) is 12.9. The second-order valence-corrected chi connectivity index (χ2v) is 9.93. The van der Waals surface area contributed by atoms with Gasteiger partial charge >= 0.3 is 0 Å². The standard InChI is InChI=1S/C24H25ClN2O4S/c1-17(2)20-11-7-8-12-22(20)27(32(3,29)30)16-24(28)26-21-15-18(25)13-14-23(21)31-19-9-5-4-6-10-19/h4-15,17H,16H2,1-3H3,(H,26,28). The molecular formula is C24H25ClN2O4S. The zero-order valence-electron chi connectivity index (χ0n) is 18.1. The third kappa shape index (κ3) is 6.02. The number of sulfonamides is 1. The highest BCUT2D eigenvalue weighted by atomic mass is 35.5. The van der Waals surface area contributed by atoms with E-state index >= 15 is 0 Å². The Labute approximate surface area is 193 Å². The number of rotatable bonds is 8. The van der Waals surface area contributed by atoms with Gasteiger partial charge in [0.25, 0.3) is 0 Å². The summed E-state index contributed by atoms with van der Waals surface area (Å²) in [5, 5.41) is 3.15. The molecule has 0 spiro atoms. The quantitative estimate of drug-likeness (QED) is 0.459. The van der Waals surface area contributed by atoms with Crippen molar-refractivity contribution in [2.24, 2.45) is 0 Å². The lowest BCUT2D eigenvalue weighted by Crippen LogP contribution is -2.38. The summed E-state index contributed by atoms with van der Waals surface area (Å²) in [6, 6.07) is 21.1. The lowest BCUT2D eigenvalue weighted by atomic mass is 10.0. The van der Waals surface area contributed by atoms with Crippen LogP contribution in [0.25, 0.3) is 0 Å². The first-order valence-corrected chi connectivity index (χ1v) is 12.3. The molecule has 3 rings (SSSR count). The van der Waals surface area contributed by atoms with Gasteiger partial charge in [-0.3, -0.25) is 9.10 Å². The Morgan fingerprint density at radius 2 is 1.69 bits per heavy atom. The largest absolute Gasteiger partial charge is 0.455 e. The maximum absolute atomic E-state index is 12.9. The number of benzene rings is 3. The Balaban J connectivity index is 1.87. The van der Waals surface area contributed by atoms with E-state index in [1.165, 1.54) is 0 Å². The summed E-state index contributed by atoms with van der Waals surface area (Å²) in [6.07, 6.45) is 1.08. The molecule has 0 unspecified atom stereocenters. The molecule has 0 saturated carbocycles. The van der Waals surface area contributed by atoms with E-state index in [0.29, 0.717) is 27.9 Å². The number of para-hydroxylation sites is 2. The molecule has 0 aromatic heterocycles. The van der Waals surface area contributed by atoms with Crippen LogP contribution in [0.5, 0.6) is 11.5 Å². The molecule has 3 aromatic carbocycles. The fourth-order valence-corrected chi connectivity index (χ4v) is 4.26. The highest BCUT2D eigenvalue weighted by molar-refractivity contribution is 7.92. The van der Waals surface area contributed by atoms with Crippen molar-refractivity contribution >= 4 is 38.9 Å². The molecule has 1 amide bonds. The smallest absolute Gasteiger partial charge is 0.245 e. The minimum Gasteiger partial charge on any atom is -0.455 e. The van der Waals surface area contributed by atoms with Gasteiger partial charge in [-0.15, -0.1) is 0 Å². The van der Waals surface area contributed by atoms with Crippen LogP contribution in [-0.2, 0) is 14.8 Å². The SMILES string of the molecule is CC(C)c1ccccc1N(CC(=O)Nc1cc(Cl)ccc1Oc1ccccc1)S(C)(=O)=O. The van der Waals surface area contributed by atoms with Crippen molar-refractivity contribution in [3.63, 3.8) is 0 Å². The van der Waals surface area contributed by atoms with Crippen molar-refractivity contribution in [3.8, 4) is 11.5 Å². The van der Waals surface area contributed by atoms with E-state index in [1.807, 2.05) is 44.2 Å². The molecule has 32 heavy (non-hydrogen) atoms. The zero-order chi connectivity index (χ0) is 23.3. The van der Waals surface area contributed by atoms with E-state index in [1.54, 1.807) is 42.5 Å². The van der Waals surface area contributed by atoms with E-state index in [2.05, 4.69) is 5.32 Å². The van der Waals surface area contributed by atoms with Crippen molar-refractivity contribution < 1.29 is 17.9 Å². The maximum Gasteiger partial charge on any atom is 0.245 e. The van der Waals surface area contributed by atoms with Crippen LogP contribution in [0.1, 0.15) is 25.3 Å². The highest BCUT2D eigenvalue weighted by Crippen LogP contribution is 2.33. The van der Waals surface area contributed by atoms with E-state index in [-0.39, 0.29) is 12.5 Å². The molecule has 168 valence electrons. The van der Waals surface area contributed by atoms with Crippen LogP contribution in [0.3, 0.4) is 0 Å². The molecule has 1 N–H and O–H groups in total. The summed E-state index contributed by atoms with van der Waals surface area (Å²) in [7, 11) is -3.71. The molecule has 0 aliphatic heterocycles. The number of hydrogen-bond acceptors (Lipinski definition) is 4. The number of ether oxygens (including phenoxy) is 1. The lowest BCUT2D eigenvalue weighted by Gasteiger charge is -2.25. The summed E-state index contributed by atoms with van der Waals surface area (Å²) >= 11 is 6.12. The monoisotopic (exact) mass is 472 g/mol. The molecule has 0 aliphatic rings. The van der Waals surface area contributed by atoms with Gasteiger partial charge in [-0.2, -0.15) is 0 Å². The van der Waals surface area contributed by atoms with Gasteiger partial charge < -0.3 is 10.1 Å². The molecule has 0 atom stereocenters. The molecule has 0 radical (unpaired) electrons. The number of hydrogen-bond donors (Lipinski definition) is 1.